The smallest absolute Gasteiger partial charge is 0.243 e. The fourth-order valence-corrected chi connectivity index (χ4v) is 3.16. The van der Waals surface area contributed by atoms with Gasteiger partial charge in [0.1, 0.15) is 0 Å². The van der Waals surface area contributed by atoms with Gasteiger partial charge < -0.3 is 20.7 Å². The highest BCUT2D eigenvalue weighted by Gasteiger charge is 2.39. The third-order valence-corrected chi connectivity index (χ3v) is 4.58. The Labute approximate surface area is 147 Å². The summed E-state index contributed by atoms with van der Waals surface area (Å²) in [7, 11) is 1.59. The predicted molar refractivity (Wildman–Crippen MR) is 94.2 cm³/mol. The molecule has 1 saturated heterocycles. The maximum absolute atomic E-state index is 12.6. The van der Waals surface area contributed by atoms with E-state index < -0.39 is 5.41 Å². The minimum Gasteiger partial charge on any atom is -0.384 e. The molecule has 132 valence electrons. The fourth-order valence-electron chi connectivity index (χ4n) is 2.88. The van der Waals surface area contributed by atoms with Crippen LogP contribution in [0.2, 0.25) is 5.02 Å². The van der Waals surface area contributed by atoms with Gasteiger partial charge in [-0.25, -0.2) is 0 Å². The Balaban J connectivity index is 1.91. The number of hydrogen-bond donors (Lipinski definition) is 3. The van der Waals surface area contributed by atoms with Gasteiger partial charge in [-0.2, -0.15) is 0 Å². The number of benzene rings is 1. The number of carbonyl (C=O) groups is 2. The van der Waals surface area contributed by atoms with Crippen molar-refractivity contribution in [3.63, 3.8) is 0 Å². The zero-order valence-electron chi connectivity index (χ0n) is 14.1. The molecule has 7 heteroatoms. The second-order valence-electron chi connectivity index (χ2n) is 6.18. The summed E-state index contributed by atoms with van der Waals surface area (Å²) in [5.41, 5.74) is 0.982. The van der Waals surface area contributed by atoms with Crippen LogP contribution in [0, 0.1) is 12.3 Å². The van der Waals surface area contributed by atoms with Crippen LogP contribution in [-0.4, -0.2) is 45.2 Å². The number of aryl methyl sites for hydroxylation is 1. The van der Waals surface area contributed by atoms with E-state index in [2.05, 4.69) is 16.0 Å². The number of piperidine rings is 1. The van der Waals surface area contributed by atoms with Crippen LogP contribution in [0.4, 0.5) is 5.69 Å². The Kier molecular flexibility index (Phi) is 6.60. The fraction of sp³-hybridized carbons (Fsp3) is 0.529. The zero-order chi connectivity index (χ0) is 17.6. The molecule has 1 aliphatic heterocycles. The Hall–Kier alpha value is -1.63. The van der Waals surface area contributed by atoms with E-state index in [9.17, 15) is 9.59 Å². The van der Waals surface area contributed by atoms with Crippen molar-refractivity contribution in [2.24, 2.45) is 5.41 Å². The Morgan fingerprint density at radius 3 is 2.67 bits per heavy atom. The van der Waals surface area contributed by atoms with Crippen LogP contribution in [0.3, 0.4) is 0 Å². The van der Waals surface area contributed by atoms with Crippen LogP contribution in [0.5, 0.6) is 0 Å². The van der Waals surface area contributed by atoms with E-state index in [1.54, 1.807) is 19.2 Å². The van der Waals surface area contributed by atoms with Crippen molar-refractivity contribution in [2.75, 3.05) is 38.7 Å². The van der Waals surface area contributed by atoms with Gasteiger partial charge in [0.15, 0.2) is 0 Å². The standard InChI is InChI=1S/C17H24ClN3O3/c1-12-3-4-14(13(18)9-12)21-15(22)10-20-16(23)17(11-24-2)5-7-19-8-6-17/h3-4,9,19H,5-8,10-11H2,1-2H3,(H,20,23)(H,21,22). The topological polar surface area (TPSA) is 79.5 Å². The molecule has 0 atom stereocenters. The van der Waals surface area contributed by atoms with Gasteiger partial charge in [-0.05, 0) is 50.6 Å². The largest absolute Gasteiger partial charge is 0.384 e. The van der Waals surface area contributed by atoms with Crippen LogP contribution in [-0.2, 0) is 14.3 Å². The van der Waals surface area contributed by atoms with Gasteiger partial charge in [0.2, 0.25) is 11.8 Å². The molecule has 0 unspecified atom stereocenters. The number of nitrogens with one attached hydrogen (secondary N) is 3. The normalized spacial score (nSPS) is 16.5. The van der Waals surface area contributed by atoms with Crippen LogP contribution in [0.15, 0.2) is 18.2 Å². The molecule has 0 bridgehead atoms. The first-order valence-electron chi connectivity index (χ1n) is 8.01. The van der Waals surface area contributed by atoms with Crippen LogP contribution < -0.4 is 16.0 Å². The minimum atomic E-state index is -0.568. The van der Waals surface area contributed by atoms with E-state index in [4.69, 9.17) is 16.3 Å². The number of amides is 2. The molecule has 2 rings (SSSR count). The molecule has 1 heterocycles. The molecule has 24 heavy (non-hydrogen) atoms. The lowest BCUT2D eigenvalue weighted by Crippen LogP contribution is -2.51. The summed E-state index contributed by atoms with van der Waals surface area (Å²) >= 11 is 6.10. The van der Waals surface area contributed by atoms with E-state index in [0.717, 1.165) is 18.7 Å². The maximum atomic E-state index is 12.6. The molecule has 1 aromatic carbocycles. The summed E-state index contributed by atoms with van der Waals surface area (Å²) in [5, 5.41) is 9.15. The van der Waals surface area contributed by atoms with Gasteiger partial charge in [0.25, 0.3) is 0 Å². The van der Waals surface area contributed by atoms with Crippen LogP contribution in [0.25, 0.3) is 0 Å². The average Bonchev–Trinajstić information content (AvgIpc) is 2.56. The highest BCUT2D eigenvalue weighted by Crippen LogP contribution is 2.29. The van der Waals surface area contributed by atoms with Gasteiger partial charge >= 0.3 is 0 Å². The summed E-state index contributed by atoms with van der Waals surface area (Å²) in [6.07, 6.45) is 1.39. The summed E-state index contributed by atoms with van der Waals surface area (Å²) < 4.78 is 5.23. The lowest BCUT2D eigenvalue weighted by atomic mass is 9.78. The third-order valence-electron chi connectivity index (χ3n) is 4.27. The number of rotatable bonds is 6. The zero-order valence-corrected chi connectivity index (χ0v) is 14.8. The molecule has 1 aliphatic rings. The molecule has 0 spiro atoms. The molecule has 2 amide bonds. The summed E-state index contributed by atoms with van der Waals surface area (Å²) in [6.45, 7) is 3.71. The van der Waals surface area contributed by atoms with Crippen molar-refractivity contribution in [1.29, 1.82) is 0 Å². The molecule has 1 aromatic rings. The van der Waals surface area contributed by atoms with Crippen molar-refractivity contribution in [3.8, 4) is 0 Å². The first-order chi connectivity index (χ1) is 11.5. The highest BCUT2D eigenvalue weighted by atomic mass is 35.5. The Morgan fingerprint density at radius 1 is 1.33 bits per heavy atom. The number of ether oxygens (including phenoxy) is 1. The summed E-state index contributed by atoms with van der Waals surface area (Å²) in [5.74, 6) is -0.452. The molecule has 6 nitrogen and oxygen atoms in total. The lowest BCUT2D eigenvalue weighted by Gasteiger charge is -2.35. The molecule has 3 N–H and O–H groups in total. The Morgan fingerprint density at radius 2 is 2.04 bits per heavy atom. The summed E-state index contributed by atoms with van der Waals surface area (Å²) in [6, 6.07) is 5.39. The first kappa shape index (κ1) is 18.7. The van der Waals surface area contributed by atoms with Crippen molar-refractivity contribution >= 4 is 29.1 Å². The first-order valence-corrected chi connectivity index (χ1v) is 8.39. The Bertz CT molecular complexity index is 595. The van der Waals surface area contributed by atoms with Crippen molar-refractivity contribution in [3.05, 3.63) is 28.8 Å². The molecule has 0 radical (unpaired) electrons. The molecule has 0 aliphatic carbocycles. The van der Waals surface area contributed by atoms with Gasteiger partial charge in [0.05, 0.1) is 29.3 Å². The van der Waals surface area contributed by atoms with Crippen LogP contribution in [0.1, 0.15) is 18.4 Å². The number of anilines is 1. The molecule has 0 aromatic heterocycles. The molecule has 1 fully saturated rings. The maximum Gasteiger partial charge on any atom is 0.243 e. The van der Waals surface area contributed by atoms with Gasteiger partial charge in [-0.15, -0.1) is 0 Å². The average molecular weight is 354 g/mol. The number of hydrogen-bond acceptors (Lipinski definition) is 4. The lowest BCUT2D eigenvalue weighted by molar-refractivity contribution is -0.137. The van der Waals surface area contributed by atoms with E-state index in [1.165, 1.54) is 0 Å². The SMILES string of the molecule is COCC1(C(=O)NCC(=O)Nc2ccc(C)cc2Cl)CCNCC1. The molecular formula is C17H24ClN3O3. The van der Waals surface area contributed by atoms with Crippen molar-refractivity contribution in [2.45, 2.75) is 19.8 Å². The second kappa shape index (κ2) is 8.46. The van der Waals surface area contributed by atoms with E-state index in [0.29, 0.717) is 30.2 Å². The minimum absolute atomic E-state index is 0.0953. The molecular weight excluding hydrogens is 330 g/mol. The van der Waals surface area contributed by atoms with Gasteiger partial charge in [0, 0.05) is 7.11 Å². The monoisotopic (exact) mass is 353 g/mol. The molecule has 0 saturated carbocycles. The van der Waals surface area contributed by atoms with E-state index in [1.807, 2.05) is 13.0 Å². The van der Waals surface area contributed by atoms with E-state index in [-0.39, 0.29) is 18.4 Å². The van der Waals surface area contributed by atoms with Crippen LogP contribution >= 0.6 is 11.6 Å². The number of carbonyl (C=O) groups excluding carboxylic acids is 2. The highest BCUT2D eigenvalue weighted by molar-refractivity contribution is 6.33. The van der Waals surface area contributed by atoms with Crippen molar-refractivity contribution < 1.29 is 14.3 Å². The number of methoxy groups -OCH3 is 1. The quantitative estimate of drug-likeness (QED) is 0.727. The number of halogens is 1. The van der Waals surface area contributed by atoms with E-state index >= 15 is 0 Å². The predicted octanol–water partition coefficient (Wildman–Crippen LogP) is 1.72. The van der Waals surface area contributed by atoms with Gasteiger partial charge in [-0.3, -0.25) is 9.59 Å². The van der Waals surface area contributed by atoms with Gasteiger partial charge in [-0.1, -0.05) is 17.7 Å². The van der Waals surface area contributed by atoms with Crippen molar-refractivity contribution in [1.82, 2.24) is 10.6 Å². The summed E-state index contributed by atoms with van der Waals surface area (Å²) in [4.78, 5) is 24.6. The second-order valence-corrected chi connectivity index (χ2v) is 6.58. The third kappa shape index (κ3) is 4.69.